The molecule has 3 rings (SSSR count). The third kappa shape index (κ3) is 3.82. The number of aromatic nitrogens is 2. The van der Waals surface area contributed by atoms with Gasteiger partial charge in [0.1, 0.15) is 17.3 Å². The van der Waals surface area contributed by atoms with Crippen molar-refractivity contribution in [3.63, 3.8) is 0 Å². The second kappa shape index (κ2) is 5.84. The molecule has 23 heavy (non-hydrogen) atoms. The first-order chi connectivity index (χ1) is 10.8. The first-order valence-electron chi connectivity index (χ1n) is 7.40. The molecular formula is C15H19N3O4S. The Kier molecular flexibility index (Phi) is 4.01. The van der Waals surface area contributed by atoms with E-state index in [1.54, 1.807) is 0 Å². The lowest BCUT2D eigenvalue weighted by molar-refractivity contribution is 0.0898. The van der Waals surface area contributed by atoms with Crippen LogP contribution >= 0.6 is 0 Å². The number of carbonyl (C=O) groups is 1. The first kappa shape index (κ1) is 15.8. The maximum absolute atomic E-state index is 12.2. The number of nitrogens with zero attached hydrogens (tertiary/aromatic N) is 2. The Morgan fingerprint density at radius 3 is 3.00 bits per heavy atom. The molecule has 8 heteroatoms. The van der Waals surface area contributed by atoms with Gasteiger partial charge < -0.3 is 14.3 Å². The number of hydrogen-bond donors (Lipinski definition) is 1. The summed E-state index contributed by atoms with van der Waals surface area (Å²) < 4.78 is 29.9. The number of fused-ring (bicyclic) bond motifs is 1. The van der Waals surface area contributed by atoms with Crippen molar-refractivity contribution in [3.05, 3.63) is 41.4 Å². The van der Waals surface area contributed by atoms with E-state index < -0.39 is 9.84 Å². The van der Waals surface area contributed by atoms with Crippen LogP contribution in [0.2, 0.25) is 0 Å². The summed E-state index contributed by atoms with van der Waals surface area (Å²) in [5.74, 6) is 0.919. The molecule has 0 aromatic carbocycles. The summed E-state index contributed by atoms with van der Waals surface area (Å²) in [4.78, 5) is 16.7. The third-order valence-electron chi connectivity index (χ3n) is 3.74. The van der Waals surface area contributed by atoms with Crippen LogP contribution in [-0.4, -0.2) is 36.2 Å². The van der Waals surface area contributed by atoms with E-state index in [0.717, 1.165) is 30.6 Å². The molecule has 0 saturated carbocycles. The second-order valence-corrected chi connectivity index (χ2v) is 8.14. The third-order valence-corrected chi connectivity index (χ3v) is 4.55. The van der Waals surface area contributed by atoms with E-state index in [1.165, 1.54) is 12.1 Å². The van der Waals surface area contributed by atoms with Crippen LogP contribution in [0.15, 0.2) is 22.7 Å². The molecule has 0 bridgehead atoms. The molecule has 1 amide bonds. The molecule has 1 aliphatic rings. The molecular weight excluding hydrogens is 318 g/mol. The second-order valence-electron chi connectivity index (χ2n) is 6.00. The smallest absolute Gasteiger partial charge is 0.287 e. The zero-order valence-corrected chi connectivity index (χ0v) is 13.9. The van der Waals surface area contributed by atoms with Gasteiger partial charge in [-0.25, -0.2) is 13.4 Å². The highest BCUT2D eigenvalue weighted by atomic mass is 32.2. The minimum atomic E-state index is -3.18. The number of amides is 1. The largest absolute Gasteiger partial charge is 0.455 e. The minimum absolute atomic E-state index is 0.00653. The Bertz CT molecular complexity index is 835. The summed E-state index contributed by atoms with van der Waals surface area (Å²) in [6.45, 7) is 2.63. The van der Waals surface area contributed by atoms with Gasteiger partial charge in [-0.3, -0.25) is 4.79 Å². The molecule has 2 aromatic heterocycles. The monoisotopic (exact) mass is 337 g/mol. The highest BCUT2D eigenvalue weighted by molar-refractivity contribution is 7.89. The van der Waals surface area contributed by atoms with Gasteiger partial charge in [-0.1, -0.05) is 0 Å². The van der Waals surface area contributed by atoms with Crippen molar-refractivity contribution >= 4 is 15.7 Å². The van der Waals surface area contributed by atoms with E-state index in [1.807, 2.05) is 13.1 Å². The van der Waals surface area contributed by atoms with Crippen molar-refractivity contribution in [1.29, 1.82) is 0 Å². The zero-order chi connectivity index (χ0) is 16.6. The van der Waals surface area contributed by atoms with Gasteiger partial charge in [0.25, 0.3) is 5.91 Å². The van der Waals surface area contributed by atoms with Crippen molar-refractivity contribution in [1.82, 2.24) is 14.9 Å². The highest BCUT2D eigenvalue weighted by Crippen LogP contribution is 2.16. The van der Waals surface area contributed by atoms with Crippen LogP contribution in [0.1, 0.15) is 34.3 Å². The van der Waals surface area contributed by atoms with Gasteiger partial charge in [0.2, 0.25) is 0 Å². The lowest BCUT2D eigenvalue weighted by Crippen LogP contribution is -2.40. The molecule has 0 fully saturated rings. The average Bonchev–Trinajstić information content (AvgIpc) is 3.01. The Morgan fingerprint density at radius 2 is 2.26 bits per heavy atom. The highest BCUT2D eigenvalue weighted by Gasteiger charge is 2.23. The molecule has 0 radical (unpaired) electrons. The van der Waals surface area contributed by atoms with E-state index in [4.69, 9.17) is 4.42 Å². The van der Waals surface area contributed by atoms with Crippen LogP contribution in [0.4, 0.5) is 0 Å². The fraction of sp³-hybridized carbons (Fsp3) is 0.467. The van der Waals surface area contributed by atoms with Crippen LogP contribution in [0.3, 0.4) is 0 Å². The van der Waals surface area contributed by atoms with Crippen LogP contribution < -0.4 is 5.32 Å². The van der Waals surface area contributed by atoms with Gasteiger partial charge >= 0.3 is 0 Å². The first-order valence-corrected chi connectivity index (χ1v) is 9.46. The lowest BCUT2D eigenvalue weighted by Gasteiger charge is -2.24. The molecule has 7 nitrogen and oxygen atoms in total. The number of nitrogens with one attached hydrogen (secondary N) is 1. The summed E-state index contributed by atoms with van der Waals surface area (Å²) in [5, 5.41) is 2.93. The molecule has 0 spiro atoms. The number of aryl methyl sites for hydroxylation is 2. The fourth-order valence-electron chi connectivity index (χ4n) is 2.80. The van der Waals surface area contributed by atoms with Gasteiger partial charge in [-0.05, 0) is 25.5 Å². The fourth-order valence-corrected chi connectivity index (χ4v) is 3.47. The summed E-state index contributed by atoms with van der Waals surface area (Å²) >= 11 is 0. The van der Waals surface area contributed by atoms with Crippen LogP contribution in [0, 0.1) is 6.92 Å². The average molecular weight is 337 g/mol. The quantitative estimate of drug-likeness (QED) is 0.901. The normalized spacial score (nSPS) is 17.7. The molecule has 1 N–H and O–H groups in total. The number of sulfone groups is 1. The van der Waals surface area contributed by atoms with E-state index in [0.29, 0.717) is 6.54 Å². The Labute approximate surface area is 134 Å². The van der Waals surface area contributed by atoms with Gasteiger partial charge in [0, 0.05) is 31.5 Å². The van der Waals surface area contributed by atoms with E-state index in [-0.39, 0.29) is 29.2 Å². The van der Waals surface area contributed by atoms with Crippen molar-refractivity contribution in [2.45, 2.75) is 38.1 Å². The standard InChI is InChI=1S/C15H19N3O4S/c1-10-7-18-8-11(3-6-14(18)16-10)17-15(19)13-5-4-12(22-13)9-23(2,20)21/h4-5,7,11H,3,6,8-9H2,1-2H3,(H,17,19)/t11-/m0/s1. The molecule has 1 atom stereocenters. The Morgan fingerprint density at radius 1 is 1.48 bits per heavy atom. The number of imidazole rings is 1. The molecule has 3 heterocycles. The topological polar surface area (TPSA) is 94.2 Å². The lowest BCUT2D eigenvalue weighted by atomic mass is 10.1. The van der Waals surface area contributed by atoms with Crippen LogP contribution in [0.25, 0.3) is 0 Å². The molecule has 0 unspecified atom stereocenters. The van der Waals surface area contributed by atoms with Crippen molar-refractivity contribution in [3.8, 4) is 0 Å². The van der Waals surface area contributed by atoms with Crippen molar-refractivity contribution in [2.24, 2.45) is 0 Å². The summed E-state index contributed by atoms with van der Waals surface area (Å²) in [7, 11) is -3.18. The predicted molar refractivity (Wildman–Crippen MR) is 83.8 cm³/mol. The van der Waals surface area contributed by atoms with Crippen molar-refractivity contribution < 1.29 is 17.6 Å². The van der Waals surface area contributed by atoms with Gasteiger partial charge in [0.15, 0.2) is 15.6 Å². The minimum Gasteiger partial charge on any atom is -0.455 e. The molecule has 0 saturated heterocycles. The number of rotatable bonds is 4. The van der Waals surface area contributed by atoms with Crippen molar-refractivity contribution in [2.75, 3.05) is 6.26 Å². The molecule has 1 aliphatic heterocycles. The summed E-state index contributed by atoms with van der Waals surface area (Å²) in [6, 6.07) is 3.03. The summed E-state index contributed by atoms with van der Waals surface area (Å²) in [5.41, 5.74) is 0.975. The molecule has 0 aliphatic carbocycles. The zero-order valence-electron chi connectivity index (χ0n) is 13.1. The number of hydrogen-bond acceptors (Lipinski definition) is 5. The van der Waals surface area contributed by atoms with Crippen LogP contribution in [0.5, 0.6) is 0 Å². The Hall–Kier alpha value is -2.09. The van der Waals surface area contributed by atoms with Crippen LogP contribution in [-0.2, 0) is 28.6 Å². The summed E-state index contributed by atoms with van der Waals surface area (Å²) in [6.07, 6.45) is 4.74. The van der Waals surface area contributed by atoms with E-state index >= 15 is 0 Å². The SMILES string of the molecule is Cc1cn2c(n1)CC[C@H](NC(=O)c1ccc(CS(C)(=O)=O)o1)C2. The molecule has 124 valence electrons. The maximum Gasteiger partial charge on any atom is 0.287 e. The van der Waals surface area contributed by atoms with Gasteiger partial charge in [0.05, 0.1) is 5.69 Å². The maximum atomic E-state index is 12.2. The number of furan rings is 1. The Balaban J connectivity index is 1.64. The molecule has 2 aromatic rings. The van der Waals surface area contributed by atoms with E-state index in [2.05, 4.69) is 14.9 Å². The van der Waals surface area contributed by atoms with Gasteiger partial charge in [-0.15, -0.1) is 0 Å². The van der Waals surface area contributed by atoms with Gasteiger partial charge in [-0.2, -0.15) is 0 Å². The number of carbonyl (C=O) groups excluding carboxylic acids is 1. The predicted octanol–water partition coefficient (Wildman–Crippen LogP) is 1.07. The van der Waals surface area contributed by atoms with E-state index in [9.17, 15) is 13.2 Å².